The van der Waals surface area contributed by atoms with Crippen LogP contribution in [0, 0.1) is 6.92 Å². The number of ketones is 1. The molecule has 0 amide bonds. The fourth-order valence-corrected chi connectivity index (χ4v) is 1.96. The van der Waals surface area contributed by atoms with E-state index in [1.54, 1.807) is 20.0 Å². The van der Waals surface area contributed by atoms with Crippen molar-refractivity contribution >= 4 is 17.4 Å². The highest BCUT2D eigenvalue weighted by Gasteiger charge is 2.19. The molecule has 94 valence electrons. The van der Waals surface area contributed by atoms with Crippen LogP contribution in [0.15, 0.2) is 6.07 Å². The number of halogens is 1. The van der Waals surface area contributed by atoms with E-state index in [4.69, 9.17) is 21.1 Å². The first-order valence-corrected chi connectivity index (χ1v) is 5.53. The Morgan fingerprint density at radius 1 is 1.35 bits per heavy atom. The van der Waals surface area contributed by atoms with Crippen molar-refractivity contribution in [2.24, 2.45) is 0 Å². The average Bonchev–Trinajstić information content (AvgIpc) is 2.31. The first kappa shape index (κ1) is 13.8. The summed E-state index contributed by atoms with van der Waals surface area (Å²) in [7, 11) is 4.75. The number of benzene rings is 1. The van der Waals surface area contributed by atoms with E-state index >= 15 is 0 Å². The predicted octanol–water partition coefficient (Wildman–Crippen LogP) is 2.07. The van der Waals surface area contributed by atoms with Crippen LogP contribution in [0.2, 0.25) is 5.02 Å². The molecule has 1 aromatic rings. The van der Waals surface area contributed by atoms with Gasteiger partial charge in [-0.3, -0.25) is 4.79 Å². The zero-order valence-corrected chi connectivity index (χ0v) is 11.1. The van der Waals surface area contributed by atoms with Crippen molar-refractivity contribution in [1.82, 2.24) is 5.32 Å². The van der Waals surface area contributed by atoms with Gasteiger partial charge in [-0.15, -0.1) is 0 Å². The van der Waals surface area contributed by atoms with Crippen LogP contribution in [0.5, 0.6) is 11.5 Å². The molecule has 5 heteroatoms. The average molecular weight is 258 g/mol. The first-order valence-electron chi connectivity index (χ1n) is 5.15. The third-order valence-corrected chi connectivity index (χ3v) is 2.77. The molecule has 0 heterocycles. The Balaban J connectivity index is 3.35. The maximum absolute atomic E-state index is 11.9. The maximum Gasteiger partial charge on any atom is 0.179 e. The van der Waals surface area contributed by atoms with Crippen molar-refractivity contribution in [1.29, 1.82) is 0 Å². The van der Waals surface area contributed by atoms with Crippen LogP contribution < -0.4 is 14.8 Å². The zero-order valence-electron chi connectivity index (χ0n) is 10.4. The van der Waals surface area contributed by atoms with Crippen molar-refractivity contribution in [2.75, 3.05) is 27.8 Å². The lowest BCUT2D eigenvalue weighted by Gasteiger charge is -2.15. The molecule has 1 rings (SSSR count). The van der Waals surface area contributed by atoms with E-state index in [2.05, 4.69) is 5.32 Å². The number of likely N-dealkylation sites (N-methyl/N-ethyl adjacent to an activating group) is 1. The molecular formula is C12H16ClNO3. The van der Waals surface area contributed by atoms with Gasteiger partial charge in [-0.25, -0.2) is 0 Å². The van der Waals surface area contributed by atoms with E-state index in [1.807, 2.05) is 0 Å². The number of hydrogen-bond donors (Lipinski definition) is 1. The quantitative estimate of drug-likeness (QED) is 0.821. The molecular weight excluding hydrogens is 242 g/mol. The number of carbonyl (C=O) groups is 1. The highest BCUT2D eigenvalue weighted by atomic mass is 35.5. The van der Waals surface area contributed by atoms with Crippen LogP contribution in [0.1, 0.15) is 15.9 Å². The molecule has 1 aromatic carbocycles. The van der Waals surface area contributed by atoms with Crippen molar-refractivity contribution in [3.63, 3.8) is 0 Å². The smallest absolute Gasteiger partial charge is 0.179 e. The van der Waals surface area contributed by atoms with Gasteiger partial charge >= 0.3 is 0 Å². The minimum Gasteiger partial charge on any atom is -0.493 e. The lowest BCUT2D eigenvalue weighted by Crippen LogP contribution is -2.19. The Kier molecular flexibility index (Phi) is 4.78. The van der Waals surface area contributed by atoms with Gasteiger partial charge < -0.3 is 14.8 Å². The van der Waals surface area contributed by atoms with Gasteiger partial charge in [-0.1, -0.05) is 11.6 Å². The monoisotopic (exact) mass is 257 g/mol. The predicted molar refractivity (Wildman–Crippen MR) is 67.6 cm³/mol. The molecule has 17 heavy (non-hydrogen) atoms. The summed E-state index contributed by atoms with van der Waals surface area (Å²) in [6, 6.07) is 1.61. The molecule has 0 saturated heterocycles. The van der Waals surface area contributed by atoms with Gasteiger partial charge in [-0.05, 0) is 20.0 Å². The van der Waals surface area contributed by atoms with Crippen molar-refractivity contribution in [3.05, 3.63) is 22.2 Å². The number of hydrogen-bond acceptors (Lipinski definition) is 4. The van der Waals surface area contributed by atoms with E-state index < -0.39 is 0 Å². The lowest BCUT2D eigenvalue weighted by atomic mass is 10.0. The number of Topliss-reactive ketones (excluding diaryl/α,β-unsaturated/α-hetero) is 1. The van der Waals surface area contributed by atoms with Gasteiger partial charge in [0.25, 0.3) is 0 Å². The Hall–Kier alpha value is -1.26. The standard InChI is InChI=1S/C12H16ClNO3/c1-7-8(10(15)6-14-2)5-9(13)12(17-4)11(7)16-3/h5,14H,6H2,1-4H3. The van der Waals surface area contributed by atoms with E-state index in [0.29, 0.717) is 22.1 Å². The van der Waals surface area contributed by atoms with E-state index in [0.717, 1.165) is 5.56 Å². The third-order valence-electron chi connectivity index (χ3n) is 2.48. The zero-order chi connectivity index (χ0) is 13.0. The molecule has 0 radical (unpaired) electrons. The number of rotatable bonds is 5. The second-order valence-corrected chi connectivity index (χ2v) is 3.96. The van der Waals surface area contributed by atoms with E-state index in [1.165, 1.54) is 14.2 Å². The highest BCUT2D eigenvalue weighted by Crippen LogP contribution is 2.39. The number of methoxy groups -OCH3 is 2. The molecule has 4 nitrogen and oxygen atoms in total. The summed E-state index contributed by atoms with van der Waals surface area (Å²) in [5, 5.41) is 3.18. The minimum atomic E-state index is -0.0344. The van der Waals surface area contributed by atoms with Crippen molar-refractivity contribution in [3.8, 4) is 11.5 Å². The summed E-state index contributed by atoms with van der Waals surface area (Å²) in [4.78, 5) is 11.9. The maximum atomic E-state index is 11.9. The molecule has 0 saturated carbocycles. The molecule has 1 N–H and O–H groups in total. The Labute approximate surface area is 106 Å². The largest absolute Gasteiger partial charge is 0.493 e. The summed E-state index contributed by atoms with van der Waals surface area (Å²) in [5.41, 5.74) is 1.27. The lowest BCUT2D eigenvalue weighted by molar-refractivity contribution is 0.0992. The molecule has 0 aliphatic rings. The van der Waals surface area contributed by atoms with Crippen molar-refractivity contribution < 1.29 is 14.3 Å². The molecule has 0 bridgehead atoms. The Bertz CT molecular complexity index is 432. The normalized spacial score (nSPS) is 10.2. The van der Waals surface area contributed by atoms with Gasteiger partial charge in [-0.2, -0.15) is 0 Å². The van der Waals surface area contributed by atoms with Crippen LogP contribution in [0.4, 0.5) is 0 Å². The first-order chi connectivity index (χ1) is 8.06. The summed E-state index contributed by atoms with van der Waals surface area (Å²) in [6.07, 6.45) is 0. The van der Waals surface area contributed by atoms with E-state index in [9.17, 15) is 4.79 Å². The molecule has 0 aliphatic heterocycles. The molecule has 0 aliphatic carbocycles. The van der Waals surface area contributed by atoms with Gasteiger partial charge in [0.2, 0.25) is 0 Å². The summed E-state index contributed by atoms with van der Waals surface area (Å²) < 4.78 is 10.4. The van der Waals surface area contributed by atoms with Crippen LogP contribution >= 0.6 is 11.6 Å². The fraction of sp³-hybridized carbons (Fsp3) is 0.417. The summed E-state index contributed by atoms with van der Waals surface area (Å²) >= 11 is 6.05. The van der Waals surface area contributed by atoms with Crippen molar-refractivity contribution in [2.45, 2.75) is 6.92 Å². The number of ether oxygens (including phenoxy) is 2. The second-order valence-electron chi connectivity index (χ2n) is 3.55. The molecule has 0 atom stereocenters. The Morgan fingerprint density at radius 3 is 2.41 bits per heavy atom. The molecule has 0 unspecified atom stereocenters. The van der Waals surface area contributed by atoms with Gasteiger partial charge in [0.15, 0.2) is 17.3 Å². The number of nitrogens with one attached hydrogen (secondary N) is 1. The topological polar surface area (TPSA) is 47.6 Å². The second kappa shape index (κ2) is 5.89. The SMILES string of the molecule is CNCC(=O)c1cc(Cl)c(OC)c(OC)c1C. The molecule has 0 aromatic heterocycles. The van der Waals surface area contributed by atoms with Gasteiger partial charge in [0, 0.05) is 11.1 Å². The van der Waals surface area contributed by atoms with Crippen LogP contribution in [-0.4, -0.2) is 33.6 Å². The molecule has 0 spiro atoms. The summed E-state index contributed by atoms with van der Waals surface area (Å²) in [6.45, 7) is 2.06. The van der Waals surface area contributed by atoms with Crippen LogP contribution in [-0.2, 0) is 0 Å². The highest BCUT2D eigenvalue weighted by molar-refractivity contribution is 6.32. The fourth-order valence-electron chi connectivity index (χ4n) is 1.68. The summed E-state index contributed by atoms with van der Waals surface area (Å²) in [5.74, 6) is 0.917. The van der Waals surface area contributed by atoms with Gasteiger partial charge in [0.1, 0.15) is 0 Å². The number of carbonyl (C=O) groups excluding carboxylic acids is 1. The minimum absolute atomic E-state index is 0.0344. The molecule has 0 fully saturated rings. The Morgan fingerprint density at radius 2 is 1.94 bits per heavy atom. The van der Waals surface area contributed by atoms with Crippen LogP contribution in [0.3, 0.4) is 0 Å². The van der Waals surface area contributed by atoms with Gasteiger partial charge in [0.05, 0.1) is 25.8 Å². The van der Waals surface area contributed by atoms with E-state index in [-0.39, 0.29) is 12.3 Å². The van der Waals surface area contributed by atoms with Crippen LogP contribution in [0.25, 0.3) is 0 Å². The third kappa shape index (κ3) is 2.70.